The van der Waals surface area contributed by atoms with Crippen LogP contribution in [0.5, 0.6) is 0 Å². The molecule has 1 aromatic rings. The summed E-state index contributed by atoms with van der Waals surface area (Å²) in [6.07, 6.45) is 6.40. The third kappa shape index (κ3) is 2.93. The van der Waals surface area contributed by atoms with Crippen LogP contribution in [0.3, 0.4) is 0 Å². The fourth-order valence-electron chi connectivity index (χ4n) is 2.76. The SMILES string of the molecule is CCC1CN(Cc2nccn2CC)C(CC)CN1. The van der Waals surface area contributed by atoms with Crippen molar-refractivity contribution in [3.05, 3.63) is 18.2 Å². The van der Waals surface area contributed by atoms with E-state index >= 15 is 0 Å². The lowest BCUT2D eigenvalue weighted by atomic mass is 10.1. The monoisotopic (exact) mass is 250 g/mol. The molecule has 1 N–H and O–H groups in total. The van der Waals surface area contributed by atoms with Gasteiger partial charge in [-0.2, -0.15) is 0 Å². The summed E-state index contributed by atoms with van der Waals surface area (Å²) in [4.78, 5) is 7.10. The first kappa shape index (κ1) is 13.6. The van der Waals surface area contributed by atoms with Crippen molar-refractivity contribution >= 4 is 0 Å². The van der Waals surface area contributed by atoms with Gasteiger partial charge in [-0.15, -0.1) is 0 Å². The van der Waals surface area contributed by atoms with Gasteiger partial charge in [0.2, 0.25) is 0 Å². The lowest BCUT2D eigenvalue weighted by Crippen LogP contribution is -2.55. The van der Waals surface area contributed by atoms with E-state index in [2.05, 4.69) is 46.7 Å². The molecule has 0 aliphatic carbocycles. The average Bonchev–Trinajstić information content (AvgIpc) is 2.86. The van der Waals surface area contributed by atoms with Gasteiger partial charge < -0.3 is 9.88 Å². The maximum absolute atomic E-state index is 4.50. The fraction of sp³-hybridized carbons (Fsp3) is 0.786. The van der Waals surface area contributed by atoms with E-state index in [4.69, 9.17) is 0 Å². The van der Waals surface area contributed by atoms with Gasteiger partial charge in [0, 0.05) is 44.1 Å². The Hall–Kier alpha value is -0.870. The van der Waals surface area contributed by atoms with E-state index in [1.54, 1.807) is 0 Å². The molecule has 1 aliphatic rings. The molecule has 18 heavy (non-hydrogen) atoms. The summed E-state index contributed by atoms with van der Waals surface area (Å²) >= 11 is 0. The van der Waals surface area contributed by atoms with Gasteiger partial charge in [0.15, 0.2) is 0 Å². The number of hydrogen-bond acceptors (Lipinski definition) is 3. The largest absolute Gasteiger partial charge is 0.334 e. The lowest BCUT2D eigenvalue weighted by Gasteiger charge is -2.39. The first-order valence-electron chi connectivity index (χ1n) is 7.25. The summed E-state index contributed by atoms with van der Waals surface area (Å²) in [5.41, 5.74) is 0. The highest BCUT2D eigenvalue weighted by Gasteiger charge is 2.26. The highest BCUT2D eigenvalue weighted by atomic mass is 15.3. The van der Waals surface area contributed by atoms with Crippen molar-refractivity contribution in [2.24, 2.45) is 0 Å². The quantitative estimate of drug-likeness (QED) is 0.866. The fourth-order valence-corrected chi connectivity index (χ4v) is 2.76. The van der Waals surface area contributed by atoms with E-state index in [1.165, 1.54) is 18.7 Å². The standard InChI is InChI=1S/C14H26N4/c1-4-12-10-18(13(5-2)9-16-12)11-14-15-7-8-17(14)6-3/h7-8,12-13,16H,4-6,9-11H2,1-3H3. The number of imidazole rings is 1. The predicted octanol–water partition coefficient (Wildman–Crippen LogP) is 1.87. The van der Waals surface area contributed by atoms with E-state index in [0.717, 1.165) is 26.2 Å². The van der Waals surface area contributed by atoms with Crippen molar-refractivity contribution in [2.45, 2.75) is 58.8 Å². The van der Waals surface area contributed by atoms with Gasteiger partial charge in [-0.25, -0.2) is 4.98 Å². The van der Waals surface area contributed by atoms with Crippen molar-refractivity contribution in [1.82, 2.24) is 19.8 Å². The van der Waals surface area contributed by atoms with Crippen molar-refractivity contribution in [3.63, 3.8) is 0 Å². The van der Waals surface area contributed by atoms with E-state index in [-0.39, 0.29) is 0 Å². The Balaban J connectivity index is 2.04. The van der Waals surface area contributed by atoms with E-state index in [1.807, 2.05) is 6.20 Å². The van der Waals surface area contributed by atoms with Crippen LogP contribution in [0, 0.1) is 0 Å². The van der Waals surface area contributed by atoms with Crippen LogP contribution in [0.25, 0.3) is 0 Å². The van der Waals surface area contributed by atoms with Crippen molar-refractivity contribution in [1.29, 1.82) is 0 Å². The van der Waals surface area contributed by atoms with Gasteiger partial charge in [0.25, 0.3) is 0 Å². The third-order valence-electron chi connectivity index (χ3n) is 4.06. The highest BCUT2D eigenvalue weighted by molar-refractivity contribution is 4.95. The first-order chi connectivity index (χ1) is 8.78. The molecule has 2 unspecified atom stereocenters. The summed E-state index contributed by atoms with van der Waals surface area (Å²) in [6.45, 7) is 11.0. The molecule has 4 heteroatoms. The Morgan fingerprint density at radius 3 is 2.83 bits per heavy atom. The normalized spacial score (nSPS) is 25.5. The number of aryl methyl sites for hydroxylation is 1. The summed E-state index contributed by atoms with van der Waals surface area (Å²) < 4.78 is 2.25. The molecule has 0 saturated carbocycles. The third-order valence-corrected chi connectivity index (χ3v) is 4.06. The number of rotatable bonds is 5. The Kier molecular flexibility index (Phi) is 4.78. The molecule has 2 heterocycles. The molecular weight excluding hydrogens is 224 g/mol. The number of aromatic nitrogens is 2. The Morgan fingerprint density at radius 1 is 1.33 bits per heavy atom. The topological polar surface area (TPSA) is 33.1 Å². The summed E-state index contributed by atoms with van der Waals surface area (Å²) in [5.74, 6) is 1.20. The second-order valence-corrected chi connectivity index (χ2v) is 5.13. The van der Waals surface area contributed by atoms with E-state index in [9.17, 15) is 0 Å². The molecule has 4 nitrogen and oxygen atoms in total. The van der Waals surface area contributed by atoms with Crippen molar-refractivity contribution in [3.8, 4) is 0 Å². The second-order valence-electron chi connectivity index (χ2n) is 5.13. The Morgan fingerprint density at radius 2 is 2.17 bits per heavy atom. The molecule has 0 radical (unpaired) electrons. The molecule has 0 amide bonds. The minimum atomic E-state index is 0.637. The maximum atomic E-state index is 4.50. The molecule has 102 valence electrons. The van der Waals surface area contributed by atoms with Crippen LogP contribution in [-0.4, -0.2) is 39.6 Å². The molecule has 0 aromatic carbocycles. The zero-order chi connectivity index (χ0) is 13.0. The van der Waals surface area contributed by atoms with Gasteiger partial charge in [-0.05, 0) is 19.8 Å². The molecule has 0 spiro atoms. The maximum Gasteiger partial charge on any atom is 0.122 e. The smallest absolute Gasteiger partial charge is 0.122 e. The zero-order valence-electron chi connectivity index (χ0n) is 11.9. The predicted molar refractivity (Wildman–Crippen MR) is 74.5 cm³/mol. The van der Waals surface area contributed by atoms with Gasteiger partial charge in [0.1, 0.15) is 5.82 Å². The summed E-state index contributed by atoms with van der Waals surface area (Å²) in [5, 5.41) is 3.64. The molecule has 1 saturated heterocycles. The van der Waals surface area contributed by atoms with Crippen LogP contribution in [0.2, 0.25) is 0 Å². The lowest BCUT2D eigenvalue weighted by molar-refractivity contribution is 0.113. The molecule has 0 bridgehead atoms. The van der Waals surface area contributed by atoms with Crippen LogP contribution < -0.4 is 5.32 Å². The van der Waals surface area contributed by atoms with E-state index in [0.29, 0.717) is 12.1 Å². The van der Waals surface area contributed by atoms with Crippen LogP contribution in [-0.2, 0) is 13.1 Å². The van der Waals surface area contributed by atoms with Crippen molar-refractivity contribution in [2.75, 3.05) is 13.1 Å². The average molecular weight is 250 g/mol. The van der Waals surface area contributed by atoms with Crippen LogP contribution >= 0.6 is 0 Å². The van der Waals surface area contributed by atoms with Crippen LogP contribution in [0.1, 0.15) is 39.4 Å². The number of hydrogen-bond donors (Lipinski definition) is 1. The van der Waals surface area contributed by atoms with Crippen LogP contribution in [0.4, 0.5) is 0 Å². The molecule has 1 aromatic heterocycles. The van der Waals surface area contributed by atoms with Crippen LogP contribution in [0.15, 0.2) is 12.4 Å². The van der Waals surface area contributed by atoms with Gasteiger partial charge in [-0.3, -0.25) is 4.90 Å². The summed E-state index contributed by atoms with van der Waals surface area (Å²) in [7, 11) is 0. The number of piperazine rings is 1. The summed E-state index contributed by atoms with van der Waals surface area (Å²) in [6, 6.07) is 1.28. The number of nitrogens with zero attached hydrogens (tertiary/aromatic N) is 3. The van der Waals surface area contributed by atoms with Gasteiger partial charge in [-0.1, -0.05) is 13.8 Å². The molecule has 2 rings (SSSR count). The Labute approximate surface area is 110 Å². The van der Waals surface area contributed by atoms with Gasteiger partial charge >= 0.3 is 0 Å². The molecule has 1 aliphatic heterocycles. The molecule has 2 atom stereocenters. The van der Waals surface area contributed by atoms with Gasteiger partial charge in [0.05, 0.1) is 6.54 Å². The zero-order valence-corrected chi connectivity index (χ0v) is 11.9. The molecule has 1 fully saturated rings. The minimum Gasteiger partial charge on any atom is -0.334 e. The van der Waals surface area contributed by atoms with Crippen molar-refractivity contribution < 1.29 is 0 Å². The highest BCUT2D eigenvalue weighted by Crippen LogP contribution is 2.15. The molecular formula is C14H26N4. The second kappa shape index (κ2) is 6.34. The van der Waals surface area contributed by atoms with E-state index < -0.39 is 0 Å². The Bertz CT molecular complexity index is 360. The number of nitrogens with one attached hydrogen (secondary N) is 1. The first-order valence-corrected chi connectivity index (χ1v) is 7.25. The minimum absolute atomic E-state index is 0.637.